The van der Waals surface area contributed by atoms with Crippen molar-refractivity contribution in [1.82, 2.24) is 4.98 Å². The Balaban J connectivity index is 2.89. The number of rotatable bonds is 0. The van der Waals surface area contributed by atoms with Gasteiger partial charge < -0.3 is 0 Å². The average molecular weight is 232 g/mol. The van der Waals surface area contributed by atoms with Crippen molar-refractivity contribution in [3.8, 4) is 0 Å². The van der Waals surface area contributed by atoms with Gasteiger partial charge in [-0.15, -0.1) is 0 Å². The summed E-state index contributed by atoms with van der Waals surface area (Å²) in [6.07, 6.45) is 1.63. The minimum Gasteiger partial charge on any atom is -0.244 e. The summed E-state index contributed by atoms with van der Waals surface area (Å²) in [6.45, 7) is 0. The van der Waals surface area contributed by atoms with Gasteiger partial charge in [0, 0.05) is 11.6 Å². The van der Waals surface area contributed by atoms with Crippen molar-refractivity contribution in [3.05, 3.63) is 39.6 Å². The zero-order chi connectivity index (χ0) is 9.42. The molecule has 4 heteroatoms. The minimum absolute atomic E-state index is 0.441. The van der Waals surface area contributed by atoms with Gasteiger partial charge in [-0.05, 0) is 23.6 Å². The third-order valence-corrected chi connectivity index (χ3v) is 2.78. The number of hydrogen-bond donors (Lipinski definition) is 0. The van der Waals surface area contributed by atoms with Crippen LogP contribution in [0.15, 0.2) is 24.4 Å². The molecule has 0 saturated carbocycles. The van der Waals surface area contributed by atoms with Crippen molar-refractivity contribution in [1.29, 1.82) is 0 Å². The molecule has 0 atom stereocenters. The Morgan fingerprint density at radius 3 is 2.46 bits per heavy atom. The topological polar surface area (TPSA) is 12.9 Å². The van der Waals surface area contributed by atoms with Gasteiger partial charge in [0.25, 0.3) is 0 Å². The van der Waals surface area contributed by atoms with E-state index in [-0.39, 0.29) is 0 Å². The molecule has 0 spiro atoms. The van der Waals surface area contributed by atoms with Gasteiger partial charge in [-0.1, -0.05) is 34.8 Å². The molecular weight excluding hydrogens is 228 g/mol. The Labute approximate surface area is 90.2 Å². The monoisotopic (exact) mass is 231 g/mol. The van der Waals surface area contributed by atoms with Gasteiger partial charge in [-0.3, -0.25) is 0 Å². The lowest BCUT2D eigenvalue weighted by Gasteiger charge is -2.01. The second-order valence-corrected chi connectivity index (χ2v) is 3.76. The first kappa shape index (κ1) is 9.07. The Morgan fingerprint density at radius 2 is 1.69 bits per heavy atom. The fraction of sp³-hybridized carbons (Fsp3) is 0. The number of aromatic nitrogens is 1. The molecule has 0 bridgehead atoms. The largest absolute Gasteiger partial charge is 0.244 e. The zero-order valence-corrected chi connectivity index (χ0v) is 8.66. The van der Waals surface area contributed by atoms with Crippen molar-refractivity contribution in [2.75, 3.05) is 0 Å². The molecule has 0 saturated heterocycles. The summed E-state index contributed by atoms with van der Waals surface area (Å²) >= 11 is 17.6. The SMILES string of the molecule is Clc1cc2ccnc(Cl)c2cc1Cl. The lowest BCUT2D eigenvalue weighted by Crippen LogP contribution is -1.79. The minimum atomic E-state index is 0.441. The van der Waals surface area contributed by atoms with E-state index < -0.39 is 0 Å². The molecule has 1 nitrogen and oxygen atoms in total. The van der Waals surface area contributed by atoms with Gasteiger partial charge in [0.05, 0.1) is 10.0 Å². The lowest BCUT2D eigenvalue weighted by atomic mass is 10.2. The molecule has 13 heavy (non-hydrogen) atoms. The van der Waals surface area contributed by atoms with E-state index >= 15 is 0 Å². The summed E-state index contributed by atoms with van der Waals surface area (Å²) in [7, 11) is 0. The van der Waals surface area contributed by atoms with Crippen LogP contribution >= 0.6 is 34.8 Å². The van der Waals surface area contributed by atoms with E-state index in [1.54, 1.807) is 18.3 Å². The summed E-state index contributed by atoms with van der Waals surface area (Å²) in [6, 6.07) is 5.32. The van der Waals surface area contributed by atoms with E-state index in [0.29, 0.717) is 15.2 Å². The third kappa shape index (κ3) is 1.60. The van der Waals surface area contributed by atoms with Crippen molar-refractivity contribution >= 4 is 45.6 Å². The first-order valence-electron chi connectivity index (χ1n) is 3.58. The first-order valence-corrected chi connectivity index (χ1v) is 4.71. The maximum absolute atomic E-state index is 5.87. The smallest absolute Gasteiger partial charge is 0.136 e. The molecular formula is C9H4Cl3N. The molecule has 1 aromatic heterocycles. The van der Waals surface area contributed by atoms with Crippen molar-refractivity contribution in [3.63, 3.8) is 0 Å². The highest BCUT2D eigenvalue weighted by molar-refractivity contribution is 6.43. The van der Waals surface area contributed by atoms with Crippen molar-refractivity contribution < 1.29 is 0 Å². The van der Waals surface area contributed by atoms with Crippen LogP contribution in [0.3, 0.4) is 0 Å². The predicted molar refractivity (Wildman–Crippen MR) is 56.8 cm³/mol. The maximum Gasteiger partial charge on any atom is 0.136 e. The van der Waals surface area contributed by atoms with Gasteiger partial charge in [0.1, 0.15) is 5.15 Å². The van der Waals surface area contributed by atoms with Gasteiger partial charge >= 0.3 is 0 Å². The van der Waals surface area contributed by atoms with Crippen LogP contribution in [-0.2, 0) is 0 Å². The zero-order valence-electron chi connectivity index (χ0n) is 6.39. The maximum atomic E-state index is 5.87. The fourth-order valence-electron chi connectivity index (χ4n) is 1.13. The van der Waals surface area contributed by atoms with Crippen LogP contribution < -0.4 is 0 Å². The van der Waals surface area contributed by atoms with E-state index in [1.807, 2.05) is 6.07 Å². The highest BCUT2D eigenvalue weighted by Gasteiger charge is 2.03. The van der Waals surface area contributed by atoms with Crippen LogP contribution in [-0.4, -0.2) is 4.98 Å². The van der Waals surface area contributed by atoms with Gasteiger partial charge in [0.15, 0.2) is 0 Å². The summed E-state index contributed by atoms with van der Waals surface area (Å²) < 4.78 is 0. The quantitative estimate of drug-likeness (QED) is 0.621. The highest BCUT2D eigenvalue weighted by Crippen LogP contribution is 2.30. The highest BCUT2D eigenvalue weighted by atomic mass is 35.5. The second-order valence-electron chi connectivity index (χ2n) is 2.59. The molecule has 2 aromatic rings. The van der Waals surface area contributed by atoms with E-state index in [0.717, 1.165) is 10.8 Å². The van der Waals surface area contributed by atoms with E-state index in [4.69, 9.17) is 34.8 Å². The molecule has 0 aliphatic carbocycles. The molecule has 1 aromatic carbocycles. The number of pyridine rings is 1. The summed E-state index contributed by atoms with van der Waals surface area (Å²) in [5, 5.41) is 3.21. The molecule has 0 aliphatic heterocycles. The standard InChI is InChI=1S/C9H4Cl3N/c10-7-3-5-1-2-13-9(12)6(5)4-8(7)11/h1-4H. The summed E-state index contributed by atoms with van der Waals surface area (Å²) in [5.41, 5.74) is 0. The third-order valence-electron chi connectivity index (χ3n) is 1.76. The molecule has 66 valence electrons. The Bertz CT molecular complexity index is 468. The van der Waals surface area contributed by atoms with E-state index in [9.17, 15) is 0 Å². The summed E-state index contributed by atoms with van der Waals surface area (Å²) in [5.74, 6) is 0. The van der Waals surface area contributed by atoms with Crippen LogP contribution in [0.25, 0.3) is 10.8 Å². The molecule has 0 radical (unpaired) electrons. The molecule has 1 heterocycles. The van der Waals surface area contributed by atoms with Gasteiger partial charge in [0.2, 0.25) is 0 Å². The van der Waals surface area contributed by atoms with E-state index in [2.05, 4.69) is 4.98 Å². The fourth-order valence-corrected chi connectivity index (χ4v) is 1.69. The molecule has 0 unspecified atom stereocenters. The van der Waals surface area contributed by atoms with Gasteiger partial charge in [-0.2, -0.15) is 0 Å². The van der Waals surface area contributed by atoms with Crippen molar-refractivity contribution in [2.45, 2.75) is 0 Å². The van der Waals surface area contributed by atoms with Crippen LogP contribution in [0.1, 0.15) is 0 Å². The van der Waals surface area contributed by atoms with Crippen LogP contribution in [0.2, 0.25) is 15.2 Å². The lowest BCUT2D eigenvalue weighted by molar-refractivity contribution is 1.36. The van der Waals surface area contributed by atoms with Crippen LogP contribution in [0.5, 0.6) is 0 Å². The number of benzene rings is 1. The Morgan fingerprint density at radius 1 is 1.00 bits per heavy atom. The summed E-state index contributed by atoms with van der Waals surface area (Å²) in [4.78, 5) is 3.94. The number of halogens is 3. The number of hydrogen-bond acceptors (Lipinski definition) is 1. The Kier molecular flexibility index (Phi) is 2.33. The molecule has 0 N–H and O–H groups in total. The second kappa shape index (κ2) is 3.33. The van der Waals surface area contributed by atoms with Crippen LogP contribution in [0, 0.1) is 0 Å². The molecule has 2 rings (SSSR count). The molecule has 0 fully saturated rings. The van der Waals surface area contributed by atoms with Crippen LogP contribution in [0.4, 0.5) is 0 Å². The number of fused-ring (bicyclic) bond motifs is 1. The Hall–Kier alpha value is -0.500. The molecule has 0 aliphatic rings. The normalized spacial score (nSPS) is 10.7. The van der Waals surface area contributed by atoms with Gasteiger partial charge in [-0.25, -0.2) is 4.98 Å². The number of nitrogens with zero attached hydrogens (tertiary/aromatic N) is 1. The predicted octanol–water partition coefficient (Wildman–Crippen LogP) is 4.20. The van der Waals surface area contributed by atoms with Crippen molar-refractivity contribution in [2.24, 2.45) is 0 Å². The first-order chi connectivity index (χ1) is 6.18. The molecule has 0 amide bonds. The van der Waals surface area contributed by atoms with E-state index in [1.165, 1.54) is 0 Å². The average Bonchev–Trinajstić information content (AvgIpc) is 2.09.